The van der Waals surface area contributed by atoms with E-state index >= 15 is 0 Å². The minimum Gasteiger partial charge on any atom is -0.396 e. The van der Waals surface area contributed by atoms with Crippen LogP contribution in [0.1, 0.15) is 13.3 Å². The van der Waals surface area contributed by atoms with E-state index in [4.69, 9.17) is 5.11 Å². The fourth-order valence-corrected chi connectivity index (χ4v) is 2.15. The van der Waals surface area contributed by atoms with Crippen LogP contribution in [0.5, 0.6) is 0 Å². The molecular formula is C11H16OS. The Hall–Kier alpha value is -0.470. The predicted octanol–water partition coefficient (Wildman–Crippen LogP) is 2.80. The summed E-state index contributed by atoms with van der Waals surface area (Å²) in [5.74, 6) is 1.45. The molecule has 0 radical (unpaired) electrons. The van der Waals surface area contributed by atoms with E-state index in [0.717, 1.165) is 12.2 Å². The third-order valence-electron chi connectivity index (χ3n) is 2.06. The highest BCUT2D eigenvalue weighted by molar-refractivity contribution is 7.99. The predicted molar refractivity (Wildman–Crippen MR) is 58.0 cm³/mol. The van der Waals surface area contributed by atoms with E-state index in [2.05, 4.69) is 19.1 Å². The van der Waals surface area contributed by atoms with Crippen LogP contribution in [0.25, 0.3) is 0 Å². The fraction of sp³-hybridized carbons (Fsp3) is 0.455. The van der Waals surface area contributed by atoms with Gasteiger partial charge in [-0.1, -0.05) is 31.5 Å². The molecular weight excluding hydrogens is 180 g/mol. The summed E-state index contributed by atoms with van der Waals surface area (Å²) in [4.78, 5) is 1.29. The molecule has 1 rings (SSSR count). The molecule has 1 atom stereocenters. The summed E-state index contributed by atoms with van der Waals surface area (Å²) in [6.45, 7) is 2.42. The Morgan fingerprint density at radius 1 is 1.31 bits per heavy atom. The number of hydrogen-bond acceptors (Lipinski definition) is 2. The van der Waals surface area contributed by atoms with Crippen LogP contribution in [-0.4, -0.2) is 17.5 Å². The fourth-order valence-electron chi connectivity index (χ4n) is 1.03. The number of aliphatic hydroxyl groups excluding tert-OH is 1. The third-order valence-corrected chi connectivity index (χ3v) is 3.31. The normalized spacial score (nSPS) is 12.8. The molecule has 1 aromatic carbocycles. The summed E-state index contributed by atoms with van der Waals surface area (Å²) in [6, 6.07) is 10.3. The second-order valence-electron chi connectivity index (χ2n) is 3.08. The first-order chi connectivity index (χ1) is 6.36. The van der Waals surface area contributed by atoms with Crippen molar-refractivity contribution in [3.63, 3.8) is 0 Å². The largest absolute Gasteiger partial charge is 0.396 e. The van der Waals surface area contributed by atoms with Gasteiger partial charge in [0.15, 0.2) is 0 Å². The van der Waals surface area contributed by atoms with Crippen LogP contribution in [-0.2, 0) is 0 Å². The van der Waals surface area contributed by atoms with Crippen molar-refractivity contribution in [3.05, 3.63) is 30.3 Å². The van der Waals surface area contributed by atoms with E-state index in [0.29, 0.717) is 12.5 Å². The molecule has 1 nitrogen and oxygen atoms in total. The standard InChI is InChI=1S/C11H16OS/c1-2-10(8-12)9-13-11-6-4-3-5-7-11/h3-7,10,12H,2,8-9H2,1H3/t10-/m0/s1. The second kappa shape index (κ2) is 6.06. The van der Waals surface area contributed by atoms with E-state index in [9.17, 15) is 0 Å². The first kappa shape index (κ1) is 10.6. The zero-order valence-electron chi connectivity index (χ0n) is 7.94. The van der Waals surface area contributed by atoms with Crippen LogP contribution in [0.4, 0.5) is 0 Å². The van der Waals surface area contributed by atoms with Gasteiger partial charge in [0.1, 0.15) is 0 Å². The Bertz CT molecular complexity index is 219. The third kappa shape index (κ3) is 3.83. The maximum Gasteiger partial charge on any atom is 0.0467 e. The molecule has 0 bridgehead atoms. The van der Waals surface area contributed by atoms with E-state index in [1.807, 2.05) is 30.0 Å². The van der Waals surface area contributed by atoms with Crippen LogP contribution in [0, 0.1) is 5.92 Å². The zero-order valence-corrected chi connectivity index (χ0v) is 8.76. The lowest BCUT2D eigenvalue weighted by atomic mass is 10.1. The van der Waals surface area contributed by atoms with Crippen molar-refractivity contribution in [1.29, 1.82) is 0 Å². The van der Waals surface area contributed by atoms with E-state index in [1.165, 1.54) is 4.90 Å². The van der Waals surface area contributed by atoms with Crippen molar-refractivity contribution in [1.82, 2.24) is 0 Å². The average Bonchev–Trinajstić information content (AvgIpc) is 2.21. The van der Waals surface area contributed by atoms with E-state index in [1.54, 1.807) is 0 Å². The Morgan fingerprint density at radius 3 is 2.54 bits per heavy atom. The molecule has 1 aromatic rings. The SMILES string of the molecule is CC[C@@H](CO)CSc1ccccc1. The van der Waals surface area contributed by atoms with Gasteiger partial charge in [0.05, 0.1) is 0 Å². The molecule has 0 heterocycles. The first-order valence-electron chi connectivity index (χ1n) is 4.65. The summed E-state index contributed by atoms with van der Waals surface area (Å²) < 4.78 is 0. The Labute approximate surface area is 84.2 Å². The molecule has 1 N–H and O–H groups in total. The molecule has 72 valence electrons. The minimum atomic E-state index is 0.302. The van der Waals surface area contributed by atoms with Crippen molar-refractivity contribution in [2.45, 2.75) is 18.2 Å². The van der Waals surface area contributed by atoms with Gasteiger partial charge in [-0.2, -0.15) is 0 Å². The number of hydrogen-bond donors (Lipinski definition) is 1. The minimum absolute atomic E-state index is 0.302. The maximum absolute atomic E-state index is 8.99. The van der Waals surface area contributed by atoms with Crippen LogP contribution in [0.2, 0.25) is 0 Å². The van der Waals surface area contributed by atoms with Gasteiger partial charge < -0.3 is 5.11 Å². The Kier molecular flexibility index (Phi) is 4.94. The van der Waals surface area contributed by atoms with Crippen LogP contribution >= 0.6 is 11.8 Å². The van der Waals surface area contributed by atoms with Crippen molar-refractivity contribution in [2.24, 2.45) is 5.92 Å². The molecule has 0 aliphatic carbocycles. The highest BCUT2D eigenvalue weighted by Crippen LogP contribution is 2.21. The molecule has 0 aliphatic rings. The van der Waals surface area contributed by atoms with Crippen LogP contribution < -0.4 is 0 Å². The summed E-state index contributed by atoms with van der Waals surface area (Å²) in [5, 5.41) is 8.99. The monoisotopic (exact) mass is 196 g/mol. The molecule has 2 heteroatoms. The Morgan fingerprint density at radius 2 is 2.00 bits per heavy atom. The number of rotatable bonds is 5. The smallest absolute Gasteiger partial charge is 0.0467 e. The molecule has 0 amide bonds. The number of benzene rings is 1. The summed E-state index contributed by atoms with van der Waals surface area (Å²) in [5.41, 5.74) is 0. The van der Waals surface area contributed by atoms with Gasteiger partial charge in [-0.05, 0) is 18.1 Å². The quantitative estimate of drug-likeness (QED) is 0.731. The van der Waals surface area contributed by atoms with Gasteiger partial charge in [0.2, 0.25) is 0 Å². The van der Waals surface area contributed by atoms with Gasteiger partial charge in [-0.3, -0.25) is 0 Å². The van der Waals surface area contributed by atoms with Crippen LogP contribution in [0.3, 0.4) is 0 Å². The zero-order chi connectivity index (χ0) is 9.52. The lowest BCUT2D eigenvalue weighted by molar-refractivity contribution is 0.237. The van der Waals surface area contributed by atoms with Crippen molar-refractivity contribution in [3.8, 4) is 0 Å². The molecule has 0 unspecified atom stereocenters. The summed E-state index contributed by atoms with van der Waals surface area (Å²) >= 11 is 1.82. The summed E-state index contributed by atoms with van der Waals surface area (Å²) in [6.07, 6.45) is 1.05. The number of thioether (sulfide) groups is 1. The van der Waals surface area contributed by atoms with Crippen molar-refractivity contribution in [2.75, 3.05) is 12.4 Å². The topological polar surface area (TPSA) is 20.2 Å². The highest BCUT2D eigenvalue weighted by atomic mass is 32.2. The van der Waals surface area contributed by atoms with Crippen LogP contribution in [0.15, 0.2) is 35.2 Å². The average molecular weight is 196 g/mol. The second-order valence-corrected chi connectivity index (χ2v) is 4.17. The van der Waals surface area contributed by atoms with Gasteiger partial charge in [0, 0.05) is 17.3 Å². The molecule has 0 fully saturated rings. The first-order valence-corrected chi connectivity index (χ1v) is 5.64. The number of aliphatic hydroxyl groups is 1. The molecule has 0 saturated carbocycles. The maximum atomic E-state index is 8.99. The van der Waals surface area contributed by atoms with Crippen molar-refractivity contribution < 1.29 is 5.11 Å². The Balaban J connectivity index is 2.34. The molecule has 0 saturated heterocycles. The molecule has 0 spiro atoms. The van der Waals surface area contributed by atoms with Gasteiger partial charge in [0.25, 0.3) is 0 Å². The van der Waals surface area contributed by atoms with Gasteiger partial charge in [-0.25, -0.2) is 0 Å². The molecule has 0 aliphatic heterocycles. The summed E-state index contributed by atoms with van der Waals surface area (Å²) in [7, 11) is 0. The lowest BCUT2D eigenvalue weighted by Gasteiger charge is -2.10. The molecule has 13 heavy (non-hydrogen) atoms. The van der Waals surface area contributed by atoms with E-state index in [-0.39, 0.29) is 0 Å². The lowest BCUT2D eigenvalue weighted by Crippen LogP contribution is -2.06. The van der Waals surface area contributed by atoms with Gasteiger partial charge in [-0.15, -0.1) is 11.8 Å². The van der Waals surface area contributed by atoms with Crippen molar-refractivity contribution >= 4 is 11.8 Å². The molecule has 0 aromatic heterocycles. The highest BCUT2D eigenvalue weighted by Gasteiger charge is 2.04. The van der Waals surface area contributed by atoms with Gasteiger partial charge >= 0.3 is 0 Å². The van der Waals surface area contributed by atoms with E-state index < -0.39 is 0 Å².